The summed E-state index contributed by atoms with van der Waals surface area (Å²) in [6.45, 7) is 5.86. The number of aromatic nitrogens is 2. The van der Waals surface area contributed by atoms with Gasteiger partial charge in [0.15, 0.2) is 0 Å². The second kappa shape index (κ2) is 7.09. The summed E-state index contributed by atoms with van der Waals surface area (Å²) in [6.07, 6.45) is 0.320. The van der Waals surface area contributed by atoms with Crippen LogP contribution in [0.3, 0.4) is 0 Å². The minimum Gasteiger partial charge on any atom is -0.465 e. The van der Waals surface area contributed by atoms with Crippen LogP contribution in [0, 0.1) is 13.8 Å². The number of carbonyl (C=O) groups excluding carboxylic acids is 2. The van der Waals surface area contributed by atoms with E-state index in [4.69, 9.17) is 0 Å². The molecule has 1 amide bonds. The van der Waals surface area contributed by atoms with Crippen molar-refractivity contribution in [3.63, 3.8) is 0 Å². The number of carbonyl (C=O) groups is 2. The van der Waals surface area contributed by atoms with Crippen molar-refractivity contribution in [2.24, 2.45) is 0 Å². The molecular formula is C17H21N3O3. The zero-order chi connectivity index (χ0) is 17.0. The Labute approximate surface area is 135 Å². The van der Waals surface area contributed by atoms with Gasteiger partial charge in [-0.15, -0.1) is 0 Å². The highest BCUT2D eigenvalue weighted by atomic mass is 16.5. The number of amides is 1. The van der Waals surface area contributed by atoms with Gasteiger partial charge >= 0.3 is 5.97 Å². The quantitative estimate of drug-likeness (QED) is 0.861. The molecule has 0 aliphatic heterocycles. The lowest BCUT2D eigenvalue weighted by Crippen LogP contribution is -2.19. The number of aryl methyl sites for hydroxylation is 2. The standard InChI is InChI=1S/C17H21N3O3/c1-11-9-12(2)20(19-11)13(3)10-16(21)18-15-7-5-14(6-8-15)17(22)23-4/h5-9,13H,10H2,1-4H3,(H,18,21)/t13-/m1/s1. The number of rotatable bonds is 5. The van der Waals surface area contributed by atoms with Gasteiger partial charge in [0.1, 0.15) is 0 Å². The molecular weight excluding hydrogens is 294 g/mol. The average molecular weight is 315 g/mol. The maximum absolute atomic E-state index is 12.1. The van der Waals surface area contributed by atoms with Crippen molar-refractivity contribution in [1.29, 1.82) is 0 Å². The topological polar surface area (TPSA) is 73.2 Å². The first-order chi connectivity index (χ1) is 10.9. The fraction of sp³-hybridized carbons (Fsp3) is 0.353. The Morgan fingerprint density at radius 1 is 1.26 bits per heavy atom. The number of ether oxygens (including phenoxy) is 1. The van der Waals surface area contributed by atoms with Gasteiger partial charge in [0.05, 0.1) is 24.4 Å². The van der Waals surface area contributed by atoms with Crippen LogP contribution in [-0.4, -0.2) is 28.8 Å². The van der Waals surface area contributed by atoms with Gasteiger partial charge in [0.25, 0.3) is 0 Å². The zero-order valence-electron chi connectivity index (χ0n) is 13.8. The molecule has 1 N–H and O–H groups in total. The summed E-state index contributed by atoms with van der Waals surface area (Å²) in [5.74, 6) is -0.503. The second-order valence-corrected chi connectivity index (χ2v) is 5.54. The highest BCUT2D eigenvalue weighted by Gasteiger charge is 2.14. The molecule has 0 saturated heterocycles. The summed E-state index contributed by atoms with van der Waals surface area (Å²) in [4.78, 5) is 23.5. The molecule has 2 aromatic rings. The van der Waals surface area contributed by atoms with Gasteiger partial charge in [-0.25, -0.2) is 4.79 Å². The molecule has 23 heavy (non-hydrogen) atoms. The summed E-state index contributed by atoms with van der Waals surface area (Å²) < 4.78 is 6.49. The number of esters is 1. The molecule has 0 radical (unpaired) electrons. The van der Waals surface area contributed by atoms with Crippen LogP contribution in [0.5, 0.6) is 0 Å². The summed E-state index contributed by atoms with van der Waals surface area (Å²) in [6, 6.07) is 8.55. The molecule has 1 aromatic carbocycles. The fourth-order valence-electron chi connectivity index (χ4n) is 2.47. The molecule has 0 aliphatic carbocycles. The van der Waals surface area contributed by atoms with E-state index in [2.05, 4.69) is 15.2 Å². The summed E-state index contributed by atoms with van der Waals surface area (Å²) in [7, 11) is 1.33. The van der Waals surface area contributed by atoms with Crippen LogP contribution in [0.1, 0.15) is 41.1 Å². The predicted molar refractivity (Wildman–Crippen MR) is 87.4 cm³/mol. The predicted octanol–water partition coefficient (Wildman–Crippen LogP) is 2.88. The van der Waals surface area contributed by atoms with E-state index in [-0.39, 0.29) is 11.9 Å². The molecule has 6 nitrogen and oxygen atoms in total. The highest BCUT2D eigenvalue weighted by molar-refractivity contribution is 5.93. The van der Waals surface area contributed by atoms with Gasteiger partial charge in [0.2, 0.25) is 5.91 Å². The van der Waals surface area contributed by atoms with Crippen molar-refractivity contribution in [2.75, 3.05) is 12.4 Å². The van der Waals surface area contributed by atoms with Crippen molar-refractivity contribution in [3.8, 4) is 0 Å². The smallest absolute Gasteiger partial charge is 0.337 e. The second-order valence-electron chi connectivity index (χ2n) is 5.54. The lowest BCUT2D eigenvalue weighted by Gasteiger charge is -2.14. The third-order valence-corrected chi connectivity index (χ3v) is 3.53. The van der Waals surface area contributed by atoms with E-state index in [1.54, 1.807) is 24.3 Å². The average Bonchev–Trinajstić information content (AvgIpc) is 2.86. The molecule has 0 unspecified atom stereocenters. The van der Waals surface area contributed by atoms with Gasteiger partial charge in [-0.3, -0.25) is 9.48 Å². The number of hydrogen-bond acceptors (Lipinski definition) is 4. The van der Waals surface area contributed by atoms with Gasteiger partial charge in [0, 0.05) is 17.8 Å². The molecule has 1 aromatic heterocycles. The summed E-state index contributed by atoms with van der Waals surface area (Å²) in [5, 5.41) is 7.22. The summed E-state index contributed by atoms with van der Waals surface area (Å²) in [5.41, 5.74) is 3.06. The van der Waals surface area contributed by atoms with E-state index in [1.165, 1.54) is 7.11 Å². The van der Waals surface area contributed by atoms with Crippen LogP contribution in [0.15, 0.2) is 30.3 Å². The van der Waals surface area contributed by atoms with Gasteiger partial charge in [-0.05, 0) is 51.1 Å². The fourth-order valence-corrected chi connectivity index (χ4v) is 2.47. The molecule has 0 fully saturated rings. The minimum atomic E-state index is -0.402. The zero-order valence-corrected chi connectivity index (χ0v) is 13.8. The van der Waals surface area contributed by atoms with E-state index >= 15 is 0 Å². The molecule has 2 rings (SSSR count). The van der Waals surface area contributed by atoms with Crippen LogP contribution >= 0.6 is 0 Å². The lowest BCUT2D eigenvalue weighted by molar-refractivity contribution is -0.116. The Morgan fingerprint density at radius 3 is 2.43 bits per heavy atom. The summed E-state index contributed by atoms with van der Waals surface area (Å²) >= 11 is 0. The number of nitrogens with one attached hydrogen (secondary N) is 1. The number of benzene rings is 1. The highest BCUT2D eigenvalue weighted by Crippen LogP contribution is 2.16. The van der Waals surface area contributed by atoms with Crippen LogP contribution < -0.4 is 5.32 Å². The van der Waals surface area contributed by atoms with Crippen molar-refractivity contribution in [3.05, 3.63) is 47.3 Å². The van der Waals surface area contributed by atoms with Crippen molar-refractivity contribution >= 4 is 17.6 Å². The minimum absolute atomic E-state index is 0.0296. The Bertz CT molecular complexity index is 704. The Kier molecular flexibility index (Phi) is 5.16. The van der Waals surface area contributed by atoms with Gasteiger partial charge in [-0.2, -0.15) is 5.10 Å². The Balaban J connectivity index is 1.96. The van der Waals surface area contributed by atoms with E-state index in [9.17, 15) is 9.59 Å². The van der Waals surface area contributed by atoms with Crippen LogP contribution in [0.4, 0.5) is 5.69 Å². The molecule has 0 saturated carbocycles. The third-order valence-electron chi connectivity index (χ3n) is 3.53. The number of nitrogens with zero attached hydrogens (tertiary/aromatic N) is 2. The number of anilines is 1. The van der Waals surface area contributed by atoms with Crippen LogP contribution in [0.2, 0.25) is 0 Å². The number of hydrogen-bond donors (Lipinski definition) is 1. The van der Waals surface area contributed by atoms with Crippen molar-refractivity contribution in [1.82, 2.24) is 9.78 Å². The normalized spacial score (nSPS) is 11.8. The molecule has 0 aliphatic rings. The maximum atomic E-state index is 12.1. The Morgan fingerprint density at radius 2 is 1.91 bits per heavy atom. The lowest BCUT2D eigenvalue weighted by atomic mass is 10.2. The van der Waals surface area contributed by atoms with E-state index in [0.717, 1.165) is 11.4 Å². The van der Waals surface area contributed by atoms with E-state index in [0.29, 0.717) is 17.7 Å². The van der Waals surface area contributed by atoms with Gasteiger partial charge in [-0.1, -0.05) is 0 Å². The monoisotopic (exact) mass is 315 g/mol. The van der Waals surface area contributed by atoms with Crippen molar-refractivity contribution in [2.45, 2.75) is 33.2 Å². The van der Waals surface area contributed by atoms with Gasteiger partial charge < -0.3 is 10.1 Å². The van der Waals surface area contributed by atoms with Crippen LogP contribution in [0.25, 0.3) is 0 Å². The third kappa shape index (κ3) is 4.18. The molecule has 1 atom stereocenters. The first-order valence-corrected chi connectivity index (χ1v) is 7.41. The first kappa shape index (κ1) is 16.7. The SMILES string of the molecule is COC(=O)c1ccc(NC(=O)C[C@@H](C)n2nc(C)cc2C)cc1. The molecule has 122 valence electrons. The molecule has 0 spiro atoms. The Hall–Kier alpha value is -2.63. The number of methoxy groups -OCH3 is 1. The molecule has 1 heterocycles. The van der Waals surface area contributed by atoms with Crippen molar-refractivity contribution < 1.29 is 14.3 Å². The van der Waals surface area contributed by atoms with E-state index < -0.39 is 5.97 Å². The molecule has 6 heteroatoms. The first-order valence-electron chi connectivity index (χ1n) is 7.41. The van der Waals surface area contributed by atoms with E-state index in [1.807, 2.05) is 31.5 Å². The molecule has 0 bridgehead atoms. The van der Waals surface area contributed by atoms with Crippen LogP contribution in [-0.2, 0) is 9.53 Å². The largest absolute Gasteiger partial charge is 0.465 e. The maximum Gasteiger partial charge on any atom is 0.337 e.